The molecule has 0 amide bonds. The van der Waals surface area contributed by atoms with Crippen molar-refractivity contribution in [1.29, 1.82) is 0 Å². The molecule has 2 aromatic carbocycles. The minimum Gasteiger partial charge on any atom is -0.478 e. The Morgan fingerprint density at radius 3 is 2.30 bits per heavy atom. The first kappa shape index (κ1) is 13.5. The third-order valence-corrected chi connectivity index (χ3v) is 2.83. The number of nitro groups is 1. The Balaban J connectivity index is 2.23. The summed E-state index contributed by atoms with van der Waals surface area (Å²) in [5, 5.41) is 22.7. The summed E-state index contributed by atoms with van der Waals surface area (Å²) in [5.74, 6) is -0.998. The molecule has 102 valence electrons. The highest BCUT2D eigenvalue weighted by Gasteiger charge is 2.11. The molecule has 2 N–H and O–H groups in total. The molecule has 0 saturated carbocycles. The SMILES string of the molecule is Cc1ccc(Nc2ccc(C(=O)O)cc2)cc1[N+](=O)[O-]. The van der Waals surface area contributed by atoms with Gasteiger partial charge in [0.15, 0.2) is 0 Å². The van der Waals surface area contributed by atoms with Crippen LogP contribution in [0.5, 0.6) is 0 Å². The standard InChI is InChI=1S/C14H12N2O4/c1-9-2-5-12(8-13(9)16(19)20)15-11-6-3-10(4-7-11)14(17)18/h2-8,15H,1H3,(H,17,18). The summed E-state index contributed by atoms with van der Waals surface area (Å²) >= 11 is 0. The maximum atomic E-state index is 10.9. The number of benzene rings is 2. The monoisotopic (exact) mass is 272 g/mol. The van der Waals surface area contributed by atoms with Gasteiger partial charge < -0.3 is 10.4 Å². The highest BCUT2D eigenvalue weighted by atomic mass is 16.6. The number of carboxylic acid groups (broad SMARTS) is 1. The van der Waals surface area contributed by atoms with Crippen LogP contribution in [0.1, 0.15) is 15.9 Å². The Labute approximate surface area is 114 Å². The summed E-state index contributed by atoms with van der Waals surface area (Å²) in [6, 6.07) is 11.0. The quantitative estimate of drug-likeness (QED) is 0.657. The number of anilines is 2. The zero-order valence-electron chi connectivity index (χ0n) is 10.7. The van der Waals surface area contributed by atoms with E-state index < -0.39 is 10.9 Å². The van der Waals surface area contributed by atoms with Crippen LogP contribution in [0.2, 0.25) is 0 Å². The van der Waals surface area contributed by atoms with Crippen LogP contribution in [0.4, 0.5) is 17.1 Å². The molecule has 2 rings (SSSR count). The highest BCUT2D eigenvalue weighted by molar-refractivity contribution is 5.88. The predicted molar refractivity (Wildman–Crippen MR) is 74.5 cm³/mol. The molecule has 0 atom stereocenters. The fourth-order valence-corrected chi connectivity index (χ4v) is 1.75. The number of nitro benzene ring substituents is 1. The van der Waals surface area contributed by atoms with Crippen LogP contribution in [-0.4, -0.2) is 16.0 Å². The molecule has 0 aliphatic rings. The fraction of sp³-hybridized carbons (Fsp3) is 0.0714. The number of nitrogens with one attached hydrogen (secondary N) is 1. The molecule has 0 aliphatic heterocycles. The normalized spacial score (nSPS) is 10.1. The number of hydrogen-bond donors (Lipinski definition) is 2. The van der Waals surface area contributed by atoms with Gasteiger partial charge in [-0.1, -0.05) is 6.07 Å². The maximum absolute atomic E-state index is 10.9. The molecule has 6 nitrogen and oxygen atoms in total. The molecule has 0 fully saturated rings. The van der Waals surface area contributed by atoms with Gasteiger partial charge in [-0.15, -0.1) is 0 Å². The first-order valence-electron chi connectivity index (χ1n) is 5.83. The average Bonchev–Trinajstić information content (AvgIpc) is 2.41. The second kappa shape index (κ2) is 5.40. The first-order valence-corrected chi connectivity index (χ1v) is 5.83. The molecule has 0 aliphatic carbocycles. The Morgan fingerprint density at radius 1 is 1.15 bits per heavy atom. The second-order valence-electron chi connectivity index (χ2n) is 4.27. The zero-order valence-corrected chi connectivity index (χ0v) is 10.7. The van der Waals surface area contributed by atoms with Crippen LogP contribution >= 0.6 is 0 Å². The highest BCUT2D eigenvalue weighted by Crippen LogP contribution is 2.25. The number of carbonyl (C=O) groups is 1. The molecule has 0 aromatic heterocycles. The van der Waals surface area contributed by atoms with E-state index in [2.05, 4.69) is 5.32 Å². The predicted octanol–water partition coefficient (Wildman–Crippen LogP) is 3.35. The molecule has 0 heterocycles. The molecule has 0 spiro atoms. The van der Waals surface area contributed by atoms with Gasteiger partial charge in [-0.3, -0.25) is 10.1 Å². The first-order chi connectivity index (χ1) is 9.47. The van der Waals surface area contributed by atoms with E-state index in [1.165, 1.54) is 18.2 Å². The molecule has 0 radical (unpaired) electrons. The van der Waals surface area contributed by atoms with E-state index in [1.54, 1.807) is 31.2 Å². The van der Waals surface area contributed by atoms with Crippen LogP contribution in [0, 0.1) is 17.0 Å². The zero-order chi connectivity index (χ0) is 14.7. The van der Waals surface area contributed by atoms with E-state index in [0.717, 1.165) is 0 Å². The molecular weight excluding hydrogens is 260 g/mol. The van der Waals surface area contributed by atoms with Gasteiger partial charge in [0.1, 0.15) is 0 Å². The van der Waals surface area contributed by atoms with Crippen molar-refractivity contribution in [3.63, 3.8) is 0 Å². The topological polar surface area (TPSA) is 92.5 Å². The van der Waals surface area contributed by atoms with Crippen molar-refractivity contribution in [2.75, 3.05) is 5.32 Å². The van der Waals surface area contributed by atoms with Gasteiger partial charge in [-0.05, 0) is 37.3 Å². The molecule has 0 bridgehead atoms. The van der Waals surface area contributed by atoms with Gasteiger partial charge in [0.05, 0.1) is 10.5 Å². The van der Waals surface area contributed by atoms with Crippen molar-refractivity contribution in [2.24, 2.45) is 0 Å². The molecule has 20 heavy (non-hydrogen) atoms. The number of hydrogen-bond acceptors (Lipinski definition) is 4. The van der Waals surface area contributed by atoms with Crippen molar-refractivity contribution in [1.82, 2.24) is 0 Å². The van der Waals surface area contributed by atoms with Crippen molar-refractivity contribution < 1.29 is 14.8 Å². The molecule has 6 heteroatoms. The lowest BCUT2D eigenvalue weighted by atomic mass is 10.1. The Hall–Kier alpha value is -2.89. The number of nitrogens with zero attached hydrogens (tertiary/aromatic N) is 1. The van der Waals surface area contributed by atoms with E-state index >= 15 is 0 Å². The third kappa shape index (κ3) is 2.92. The number of carboxylic acids is 1. The minimum absolute atomic E-state index is 0.0390. The third-order valence-electron chi connectivity index (χ3n) is 2.83. The second-order valence-corrected chi connectivity index (χ2v) is 4.27. The van der Waals surface area contributed by atoms with E-state index in [1.807, 2.05) is 0 Å². The van der Waals surface area contributed by atoms with Gasteiger partial charge in [0, 0.05) is 23.0 Å². The van der Waals surface area contributed by atoms with E-state index in [0.29, 0.717) is 16.9 Å². The van der Waals surface area contributed by atoms with Crippen LogP contribution in [0.25, 0.3) is 0 Å². The summed E-state index contributed by atoms with van der Waals surface area (Å²) in [7, 11) is 0. The van der Waals surface area contributed by atoms with Gasteiger partial charge >= 0.3 is 5.97 Å². The van der Waals surface area contributed by atoms with Crippen LogP contribution < -0.4 is 5.32 Å². The lowest BCUT2D eigenvalue weighted by Gasteiger charge is -2.07. The maximum Gasteiger partial charge on any atom is 0.335 e. The van der Waals surface area contributed by atoms with Gasteiger partial charge in [-0.2, -0.15) is 0 Å². The number of aromatic carboxylic acids is 1. The largest absolute Gasteiger partial charge is 0.478 e. The summed E-state index contributed by atoms with van der Waals surface area (Å²) in [6.45, 7) is 1.67. The molecule has 0 saturated heterocycles. The van der Waals surface area contributed by atoms with Crippen LogP contribution in [-0.2, 0) is 0 Å². The summed E-state index contributed by atoms with van der Waals surface area (Å²) in [5.41, 5.74) is 2.04. The average molecular weight is 272 g/mol. The Kier molecular flexibility index (Phi) is 3.65. The molecule has 0 unspecified atom stereocenters. The number of rotatable bonds is 4. The van der Waals surface area contributed by atoms with E-state index in [9.17, 15) is 14.9 Å². The van der Waals surface area contributed by atoms with Crippen LogP contribution in [0.15, 0.2) is 42.5 Å². The lowest BCUT2D eigenvalue weighted by Crippen LogP contribution is -1.97. The Morgan fingerprint density at radius 2 is 1.75 bits per heavy atom. The van der Waals surface area contributed by atoms with Gasteiger partial charge in [0.25, 0.3) is 5.69 Å². The van der Waals surface area contributed by atoms with Crippen LogP contribution in [0.3, 0.4) is 0 Å². The summed E-state index contributed by atoms with van der Waals surface area (Å²) < 4.78 is 0. The van der Waals surface area contributed by atoms with Crippen molar-refractivity contribution in [2.45, 2.75) is 6.92 Å². The van der Waals surface area contributed by atoms with E-state index in [-0.39, 0.29) is 11.3 Å². The van der Waals surface area contributed by atoms with E-state index in [4.69, 9.17) is 5.11 Å². The Bertz CT molecular complexity index is 665. The smallest absolute Gasteiger partial charge is 0.335 e. The minimum atomic E-state index is -0.998. The van der Waals surface area contributed by atoms with Crippen molar-refractivity contribution in [3.05, 3.63) is 63.7 Å². The molecular formula is C14H12N2O4. The summed E-state index contributed by atoms with van der Waals surface area (Å²) in [4.78, 5) is 21.2. The van der Waals surface area contributed by atoms with Crippen molar-refractivity contribution >= 4 is 23.0 Å². The number of aryl methyl sites for hydroxylation is 1. The lowest BCUT2D eigenvalue weighted by molar-refractivity contribution is -0.385. The summed E-state index contributed by atoms with van der Waals surface area (Å²) in [6.07, 6.45) is 0. The van der Waals surface area contributed by atoms with Gasteiger partial charge in [0.2, 0.25) is 0 Å². The van der Waals surface area contributed by atoms with Gasteiger partial charge in [-0.25, -0.2) is 4.79 Å². The molecule has 2 aromatic rings. The van der Waals surface area contributed by atoms with Crippen molar-refractivity contribution in [3.8, 4) is 0 Å². The fourth-order valence-electron chi connectivity index (χ4n) is 1.75.